The molecular weight excluding hydrogens is 284 g/mol. The zero-order valence-corrected chi connectivity index (χ0v) is 12.3. The maximum absolute atomic E-state index is 12.3. The molecule has 3 unspecified atom stereocenters. The van der Waals surface area contributed by atoms with Crippen molar-refractivity contribution in [3.05, 3.63) is 0 Å². The molecule has 3 fully saturated rings. The van der Waals surface area contributed by atoms with E-state index in [0.717, 1.165) is 12.8 Å². The van der Waals surface area contributed by atoms with E-state index in [1.165, 1.54) is 4.31 Å². The van der Waals surface area contributed by atoms with Crippen LogP contribution < -0.4 is 4.72 Å². The van der Waals surface area contributed by atoms with Crippen LogP contribution >= 0.6 is 0 Å². The van der Waals surface area contributed by atoms with Crippen molar-refractivity contribution in [1.29, 1.82) is 0 Å². The van der Waals surface area contributed by atoms with Crippen molar-refractivity contribution in [3.63, 3.8) is 0 Å². The molecule has 2 heterocycles. The van der Waals surface area contributed by atoms with Gasteiger partial charge in [0.2, 0.25) is 0 Å². The lowest BCUT2D eigenvalue weighted by Crippen LogP contribution is -2.53. The summed E-state index contributed by atoms with van der Waals surface area (Å²) in [5, 5.41) is 0. The summed E-state index contributed by atoms with van der Waals surface area (Å²) >= 11 is 0. The maximum atomic E-state index is 12.3. The third kappa shape index (κ3) is 3.32. The first kappa shape index (κ1) is 14.7. The molecule has 0 aromatic heterocycles. The first-order valence-electron chi connectivity index (χ1n) is 7.23. The Bertz CT molecular complexity index is 424. The highest BCUT2D eigenvalue weighted by molar-refractivity contribution is 7.87. The van der Waals surface area contributed by atoms with Crippen molar-refractivity contribution in [1.82, 2.24) is 9.03 Å². The molecule has 1 saturated carbocycles. The van der Waals surface area contributed by atoms with Gasteiger partial charge < -0.3 is 14.2 Å². The highest BCUT2D eigenvalue weighted by Crippen LogP contribution is 2.27. The van der Waals surface area contributed by atoms with E-state index in [9.17, 15) is 8.42 Å². The first-order chi connectivity index (χ1) is 9.65. The predicted octanol–water partition coefficient (Wildman–Crippen LogP) is -0.510. The smallest absolute Gasteiger partial charge is 0.279 e. The van der Waals surface area contributed by atoms with Gasteiger partial charge in [-0.25, -0.2) is 0 Å². The molecule has 0 aromatic rings. The van der Waals surface area contributed by atoms with Crippen LogP contribution in [0.4, 0.5) is 0 Å². The topological polar surface area (TPSA) is 77.1 Å². The Hall–Kier alpha value is -0.250. The third-order valence-corrected chi connectivity index (χ3v) is 5.78. The van der Waals surface area contributed by atoms with Gasteiger partial charge >= 0.3 is 0 Å². The van der Waals surface area contributed by atoms with Gasteiger partial charge in [0.05, 0.1) is 38.6 Å². The Balaban J connectivity index is 1.57. The SMILES string of the molecule is O=S(=O)(NC1CCC2OCCOC2C1)N1CCOCC1. The van der Waals surface area contributed by atoms with E-state index in [4.69, 9.17) is 14.2 Å². The molecule has 0 radical (unpaired) electrons. The van der Waals surface area contributed by atoms with Crippen LogP contribution in [0.15, 0.2) is 0 Å². The van der Waals surface area contributed by atoms with E-state index in [-0.39, 0.29) is 18.2 Å². The van der Waals surface area contributed by atoms with Gasteiger partial charge in [0.1, 0.15) is 0 Å². The number of nitrogens with one attached hydrogen (secondary N) is 1. The fourth-order valence-corrected chi connectivity index (χ4v) is 4.46. The van der Waals surface area contributed by atoms with Gasteiger partial charge in [-0.15, -0.1) is 0 Å². The zero-order valence-electron chi connectivity index (χ0n) is 11.5. The van der Waals surface area contributed by atoms with Crippen molar-refractivity contribution in [2.24, 2.45) is 0 Å². The summed E-state index contributed by atoms with van der Waals surface area (Å²) in [7, 11) is -3.41. The van der Waals surface area contributed by atoms with E-state index in [1.54, 1.807) is 0 Å². The van der Waals surface area contributed by atoms with Crippen LogP contribution in [-0.2, 0) is 24.4 Å². The normalized spacial score (nSPS) is 36.5. The Morgan fingerprint density at radius 1 is 0.950 bits per heavy atom. The maximum Gasteiger partial charge on any atom is 0.279 e. The average molecular weight is 306 g/mol. The molecule has 3 rings (SSSR count). The fourth-order valence-electron chi connectivity index (χ4n) is 3.05. The molecule has 2 aliphatic heterocycles. The van der Waals surface area contributed by atoms with Gasteiger partial charge in [0, 0.05) is 19.1 Å². The molecule has 20 heavy (non-hydrogen) atoms. The molecule has 7 nitrogen and oxygen atoms in total. The average Bonchev–Trinajstić information content (AvgIpc) is 2.48. The third-order valence-electron chi connectivity index (χ3n) is 4.10. The van der Waals surface area contributed by atoms with Crippen LogP contribution in [0.2, 0.25) is 0 Å². The van der Waals surface area contributed by atoms with Crippen molar-refractivity contribution in [2.45, 2.75) is 37.5 Å². The fraction of sp³-hybridized carbons (Fsp3) is 1.00. The van der Waals surface area contributed by atoms with E-state index in [2.05, 4.69) is 4.72 Å². The second kappa shape index (κ2) is 6.25. The number of ether oxygens (including phenoxy) is 3. The monoisotopic (exact) mass is 306 g/mol. The van der Waals surface area contributed by atoms with Crippen LogP contribution in [0.3, 0.4) is 0 Å². The van der Waals surface area contributed by atoms with Gasteiger partial charge in [-0.05, 0) is 19.3 Å². The number of hydrogen-bond donors (Lipinski definition) is 1. The summed E-state index contributed by atoms with van der Waals surface area (Å²) < 4.78 is 45.4. The van der Waals surface area contributed by atoms with E-state index >= 15 is 0 Å². The molecule has 8 heteroatoms. The number of rotatable bonds is 3. The molecule has 0 spiro atoms. The standard InChI is InChI=1S/C12H22N2O5S/c15-20(16,14-3-5-17-6-4-14)13-10-1-2-11-12(9-10)19-8-7-18-11/h10-13H,1-9H2. The Kier molecular flexibility index (Phi) is 4.58. The lowest BCUT2D eigenvalue weighted by molar-refractivity contribution is -0.156. The number of fused-ring (bicyclic) bond motifs is 1. The van der Waals surface area contributed by atoms with Gasteiger partial charge in [-0.3, -0.25) is 0 Å². The summed E-state index contributed by atoms with van der Waals surface area (Å²) in [6, 6.07) is -0.0641. The van der Waals surface area contributed by atoms with Gasteiger partial charge in [0.25, 0.3) is 10.2 Å². The molecule has 0 amide bonds. The van der Waals surface area contributed by atoms with Gasteiger partial charge in [0.15, 0.2) is 0 Å². The van der Waals surface area contributed by atoms with E-state index < -0.39 is 10.2 Å². The molecule has 1 aliphatic carbocycles. The second-order valence-corrected chi connectivity index (χ2v) is 7.17. The molecule has 3 atom stereocenters. The largest absolute Gasteiger partial charge is 0.379 e. The van der Waals surface area contributed by atoms with Crippen molar-refractivity contribution in [3.8, 4) is 0 Å². The summed E-state index contributed by atoms with van der Waals surface area (Å²) in [5.41, 5.74) is 0. The van der Waals surface area contributed by atoms with Crippen molar-refractivity contribution >= 4 is 10.2 Å². The number of hydrogen-bond acceptors (Lipinski definition) is 5. The van der Waals surface area contributed by atoms with Crippen LogP contribution in [0.5, 0.6) is 0 Å². The summed E-state index contributed by atoms with van der Waals surface area (Å²) in [6.45, 7) is 3.03. The summed E-state index contributed by atoms with van der Waals surface area (Å²) in [4.78, 5) is 0. The quantitative estimate of drug-likeness (QED) is 0.760. The predicted molar refractivity (Wildman–Crippen MR) is 71.6 cm³/mol. The minimum Gasteiger partial charge on any atom is -0.379 e. The molecule has 2 saturated heterocycles. The van der Waals surface area contributed by atoms with Crippen LogP contribution in [0.25, 0.3) is 0 Å². The van der Waals surface area contributed by atoms with Crippen LogP contribution in [-0.4, -0.2) is 70.5 Å². The van der Waals surface area contributed by atoms with Gasteiger partial charge in [-0.1, -0.05) is 0 Å². The summed E-state index contributed by atoms with van der Waals surface area (Å²) in [5.74, 6) is 0. The lowest BCUT2D eigenvalue weighted by atomic mass is 9.90. The van der Waals surface area contributed by atoms with Crippen molar-refractivity contribution < 1.29 is 22.6 Å². The highest BCUT2D eigenvalue weighted by atomic mass is 32.2. The Labute approximate surface area is 119 Å². The molecule has 0 bridgehead atoms. The number of morpholine rings is 1. The molecule has 3 aliphatic rings. The number of nitrogens with zero attached hydrogens (tertiary/aromatic N) is 1. The van der Waals surface area contributed by atoms with E-state index in [1.807, 2.05) is 0 Å². The lowest BCUT2D eigenvalue weighted by Gasteiger charge is -2.39. The Morgan fingerprint density at radius 3 is 2.40 bits per heavy atom. The first-order valence-corrected chi connectivity index (χ1v) is 8.67. The molecule has 116 valence electrons. The summed E-state index contributed by atoms with van der Waals surface area (Å²) in [6.07, 6.45) is 2.49. The second-order valence-electron chi connectivity index (χ2n) is 5.46. The minimum atomic E-state index is -3.41. The van der Waals surface area contributed by atoms with Crippen LogP contribution in [0, 0.1) is 0 Å². The highest BCUT2D eigenvalue weighted by Gasteiger charge is 2.36. The zero-order chi connectivity index (χ0) is 14.0. The molecule has 0 aromatic carbocycles. The molecular formula is C12H22N2O5S. The molecule has 1 N–H and O–H groups in total. The van der Waals surface area contributed by atoms with Crippen molar-refractivity contribution in [2.75, 3.05) is 39.5 Å². The Morgan fingerprint density at radius 2 is 1.65 bits per heavy atom. The van der Waals surface area contributed by atoms with Gasteiger partial charge in [-0.2, -0.15) is 17.4 Å². The van der Waals surface area contributed by atoms with Crippen LogP contribution in [0.1, 0.15) is 19.3 Å². The minimum absolute atomic E-state index is 0.0230. The van der Waals surface area contributed by atoms with E-state index in [0.29, 0.717) is 45.9 Å².